The van der Waals surface area contributed by atoms with Crippen LogP contribution in [0, 0.1) is 5.92 Å². The van der Waals surface area contributed by atoms with E-state index in [1.807, 2.05) is 0 Å². The number of aromatic hydroxyl groups is 1. The maximum absolute atomic E-state index is 13.1. The largest absolute Gasteiger partial charge is 0.508 e. The average Bonchev–Trinajstić information content (AvgIpc) is 2.83. The van der Waals surface area contributed by atoms with Crippen molar-refractivity contribution in [2.45, 2.75) is 63.7 Å². The standard InChI is InChI=1S/C23H34N4O8S/c1-3-12(2)19(27-20(31)15(24)10-13-4-6-14(28)7-5-13)22(33)25-16(8-9-18(29)30)21(32)26-17(11-36)23(34)35/h4-7,12,15-17,19,28,36H,3,8-11,24H2,1-2H3,(H,25,33)(H,26,32)(H,27,31)(H,29,30)(H,34,35). The monoisotopic (exact) mass is 526 g/mol. The van der Waals surface area contributed by atoms with Gasteiger partial charge in [0.2, 0.25) is 17.7 Å². The van der Waals surface area contributed by atoms with Crippen molar-refractivity contribution in [3.8, 4) is 5.75 Å². The first-order valence-corrected chi connectivity index (χ1v) is 12.0. The average molecular weight is 527 g/mol. The van der Waals surface area contributed by atoms with E-state index < -0.39 is 60.2 Å². The zero-order valence-corrected chi connectivity index (χ0v) is 21.0. The molecule has 5 atom stereocenters. The number of amides is 3. The summed E-state index contributed by atoms with van der Waals surface area (Å²) in [6.07, 6.45) is -0.134. The number of thiol groups is 1. The van der Waals surface area contributed by atoms with Gasteiger partial charge in [-0.1, -0.05) is 32.4 Å². The summed E-state index contributed by atoms with van der Waals surface area (Å²) in [5, 5.41) is 34.8. The normalized spacial score (nSPS) is 15.0. The summed E-state index contributed by atoms with van der Waals surface area (Å²) in [7, 11) is 0. The molecule has 3 amide bonds. The van der Waals surface area contributed by atoms with E-state index in [1.165, 1.54) is 12.1 Å². The molecule has 1 aromatic rings. The minimum Gasteiger partial charge on any atom is -0.508 e. The maximum Gasteiger partial charge on any atom is 0.327 e. The Morgan fingerprint density at radius 2 is 1.53 bits per heavy atom. The Morgan fingerprint density at radius 3 is 2.03 bits per heavy atom. The molecule has 0 spiro atoms. The third-order valence-electron chi connectivity index (χ3n) is 5.60. The summed E-state index contributed by atoms with van der Waals surface area (Å²) in [5.41, 5.74) is 6.70. The van der Waals surface area contributed by atoms with Gasteiger partial charge in [-0.15, -0.1) is 0 Å². The van der Waals surface area contributed by atoms with Crippen molar-refractivity contribution in [3.05, 3.63) is 29.8 Å². The number of phenolic OH excluding ortho intramolecular Hbond substituents is 1. The molecule has 0 bridgehead atoms. The number of hydrogen-bond acceptors (Lipinski definition) is 8. The van der Waals surface area contributed by atoms with Gasteiger partial charge < -0.3 is 37.0 Å². The van der Waals surface area contributed by atoms with E-state index in [-0.39, 0.29) is 30.3 Å². The molecule has 8 N–H and O–H groups in total. The number of nitrogens with two attached hydrogens (primary N) is 1. The molecule has 1 aromatic carbocycles. The number of aliphatic carboxylic acids is 2. The fourth-order valence-corrected chi connectivity index (χ4v) is 3.44. The molecule has 36 heavy (non-hydrogen) atoms. The molecule has 0 fully saturated rings. The lowest BCUT2D eigenvalue weighted by Crippen LogP contribution is -2.59. The van der Waals surface area contributed by atoms with Gasteiger partial charge in [0.15, 0.2) is 0 Å². The molecule has 1 rings (SSSR count). The molecule has 0 aliphatic rings. The number of phenols is 1. The van der Waals surface area contributed by atoms with Gasteiger partial charge in [-0.05, 0) is 36.5 Å². The van der Waals surface area contributed by atoms with Crippen LogP contribution in [0.4, 0.5) is 0 Å². The zero-order valence-electron chi connectivity index (χ0n) is 20.1. The molecule has 0 aromatic heterocycles. The molecule has 0 aliphatic carbocycles. The van der Waals surface area contributed by atoms with Crippen LogP contribution in [0.1, 0.15) is 38.7 Å². The first-order chi connectivity index (χ1) is 16.9. The lowest BCUT2D eigenvalue weighted by atomic mass is 9.96. The van der Waals surface area contributed by atoms with Crippen molar-refractivity contribution in [2.75, 3.05) is 5.75 Å². The minimum atomic E-state index is -1.36. The van der Waals surface area contributed by atoms with Gasteiger partial charge in [-0.25, -0.2) is 4.79 Å². The third kappa shape index (κ3) is 10.1. The molecule has 0 saturated heterocycles. The SMILES string of the molecule is CCC(C)C(NC(=O)C(N)Cc1ccc(O)cc1)C(=O)NC(CCC(=O)O)C(=O)NC(CS)C(=O)O. The zero-order chi connectivity index (χ0) is 27.4. The van der Waals surface area contributed by atoms with E-state index >= 15 is 0 Å². The Balaban J connectivity index is 2.98. The van der Waals surface area contributed by atoms with Gasteiger partial charge >= 0.3 is 11.9 Å². The van der Waals surface area contributed by atoms with Crippen molar-refractivity contribution in [3.63, 3.8) is 0 Å². The summed E-state index contributed by atoms with van der Waals surface area (Å²) >= 11 is 3.87. The van der Waals surface area contributed by atoms with Crippen LogP contribution in [-0.2, 0) is 30.4 Å². The number of hydrogen-bond donors (Lipinski definition) is 8. The Bertz CT molecular complexity index is 927. The molecule has 0 aliphatic heterocycles. The molecule has 13 heteroatoms. The summed E-state index contributed by atoms with van der Waals surface area (Å²) < 4.78 is 0. The van der Waals surface area contributed by atoms with Crippen LogP contribution in [0.15, 0.2) is 24.3 Å². The molecule has 0 radical (unpaired) electrons. The maximum atomic E-state index is 13.1. The molecule has 200 valence electrons. The number of carboxylic acids is 2. The summed E-state index contributed by atoms with van der Waals surface area (Å²) in [6, 6.07) is 1.35. The first-order valence-electron chi connectivity index (χ1n) is 11.4. The Kier molecular flexibility index (Phi) is 12.7. The van der Waals surface area contributed by atoms with Crippen molar-refractivity contribution in [1.82, 2.24) is 16.0 Å². The van der Waals surface area contributed by atoms with Gasteiger partial charge in [0, 0.05) is 12.2 Å². The van der Waals surface area contributed by atoms with Crippen LogP contribution in [0.3, 0.4) is 0 Å². The second kappa shape index (κ2) is 14.9. The molecule has 5 unspecified atom stereocenters. The second-order valence-corrected chi connectivity index (χ2v) is 8.79. The molecular formula is C23H34N4O8S. The first kappa shape index (κ1) is 30.7. The van der Waals surface area contributed by atoms with Gasteiger partial charge in [0.05, 0.1) is 6.04 Å². The van der Waals surface area contributed by atoms with Gasteiger partial charge in [0.1, 0.15) is 23.9 Å². The van der Waals surface area contributed by atoms with E-state index in [0.717, 1.165) is 0 Å². The highest BCUT2D eigenvalue weighted by Crippen LogP contribution is 2.13. The topological polar surface area (TPSA) is 208 Å². The predicted molar refractivity (Wildman–Crippen MR) is 133 cm³/mol. The van der Waals surface area contributed by atoms with Crippen LogP contribution in [0.5, 0.6) is 5.75 Å². The van der Waals surface area contributed by atoms with Crippen molar-refractivity contribution in [1.29, 1.82) is 0 Å². The number of carbonyl (C=O) groups is 5. The fourth-order valence-electron chi connectivity index (χ4n) is 3.20. The lowest BCUT2D eigenvalue weighted by molar-refractivity contribution is -0.142. The summed E-state index contributed by atoms with van der Waals surface area (Å²) in [5.74, 6) is -5.31. The van der Waals surface area contributed by atoms with Crippen LogP contribution < -0.4 is 21.7 Å². The number of carbonyl (C=O) groups excluding carboxylic acids is 3. The van der Waals surface area contributed by atoms with E-state index in [2.05, 4.69) is 28.6 Å². The minimum absolute atomic E-state index is 0.0656. The fraction of sp³-hybridized carbons (Fsp3) is 0.522. The van der Waals surface area contributed by atoms with Crippen LogP contribution in [0.25, 0.3) is 0 Å². The van der Waals surface area contributed by atoms with Crippen LogP contribution in [-0.4, -0.2) is 74.9 Å². The predicted octanol–water partition coefficient (Wildman–Crippen LogP) is -0.358. The molecular weight excluding hydrogens is 492 g/mol. The van der Waals surface area contributed by atoms with Crippen molar-refractivity contribution >= 4 is 42.3 Å². The Hall–Kier alpha value is -3.32. The quantitative estimate of drug-likeness (QED) is 0.140. The second-order valence-electron chi connectivity index (χ2n) is 8.42. The van der Waals surface area contributed by atoms with Gasteiger partial charge in [-0.2, -0.15) is 12.6 Å². The van der Waals surface area contributed by atoms with E-state index in [0.29, 0.717) is 12.0 Å². The van der Waals surface area contributed by atoms with E-state index in [9.17, 15) is 29.1 Å². The molecule has 12 nitrogen and oxygen atoms in total. The number of nitrogens with one attached hydrogen (secondary N) is 3. The van der Waals surface area contributed by atoms with Crippen molar-refractivity contribution < 1.29 is 39.3 Å². The highest BCUT2D eigenvalue weighted by Gasteiger charge is 2.32. The Labute approximate surface area is 214 Å². The highest BCUT2D eigenvalue weighted by atomic mass is 32.1. The van der Waals surface area contributed by atoms with E-state index in [4.69, 9.17) is 15.9 Å². The lowest BCUT2D eigenvalue weighted by Gasteiger charge is -2.27. The van der Waals surface area contributed by atoms with Crippen molar-refractivity contribution in [2.24, 2.45) is 11.7 Å². The van der Waals surface area contributed by atoms with Crippen LogP contribution >= 0.6 is 12.6 Å². The third-order valence-corrected chi connectivity index (χ3v) is 5.96. The smallest absolute Gasteiger partial charge is 0.327 e. The molecule has 0 saturated carbocycles. The number of benzene rings is 1. The highest BCUT2D eigenvalue weighted by molar-refractivity contribution is 7.80. The van der Waals surface area contributed by atoms with Gasteiger partial charge in [-0.3, -0.25) is 19.2 Å². The van der Waals surface area contributed by atoms with Crippen LogP contribution in [0.2, 0.25) is 0 Å². The Morgan fingerprint density at radius 1 is 0.944 bits per heavy atom. The molecule has 0 heterocycles. The number of carboxylic acid groups (broad SMARTS) is 2. The summed E-state index contributed by atoms with van der Waals surface area (Å²) in [6.45, 7) is 3.51. The number of rotatable bonds is 15. The van der Waals surface area contributed by atoms with E-state index in [1.54, 1.807) is 26.0 Å². The van der Waals surface area contributed by atoms with Gasteiger partial charge in [0.25, 0.3) is 0 Å². The summed E-state index contributed by atoms with van der Waals surface area (Å²) in [4.78, 5) is 60.8.